The van der Waals surface area contributed by atoms with Crippen LogP contribution in [0.5, 0.6) is 0 Å². The SMILES string of the molecule is O=C(N[C@@H](CN1CCCC1=O)c1ccccc1)c1ccoc1. The Morgan fingerprint density at radius 3 is 2.73 bits per heavy atom. The fourth-order valence-corrected chi connectivity index (χ4v) is 2.67. The first-order valence-electron chi connectivity index (χ1n) is 7.40. The molecule has 0 radical (unpaired) electrons. The molecule has 0 unspecified atom stereocenters. The summed E-state index contributed by atoms with van der Waals surface area (Å²) < 4.78 is 4.95. The molecule has 0 bridgehead atoms. The van der Waals surface area contributed by atoms with E-state index in [9.17, 15) is 9.59 Å². The Balaban J connectivity index is 1.77. The van der Waals surface area contributed by atoms with Crippen LogP contribution in [-0.4, -0.2) is 29.8 Å². The monoisotopic (exact) mass is 298 g/mol. The molecule has 1 fully saturated rings. The van der Waals surface area contributed by atoms with Gasteiger partial charge in [-0.2, -0.15) is 0 Å². The Kier molecular flexibility index (Phi) is 4.23. The second kappa shape index (κ2) is 6.47. The molecule has 1 atom stereocenters. The Bertz CT molecular complexity index is 637. The van der Waals surface area contributed by atoms with Gasteiger partial charge in [0.15, 0.2) is 0 Å². The number of nitrogens with one attached hydrogen (secondary N) is 1. The van der Waals surface area contributed by atoms with Gasteiger partial charge in [0.05, 0.1) is 17.9 Å². The highest BCUT2D eigenvalue weighted by Crippen LogP contribution is 2.19. The second-order valence-electron chi connectivity index (χ2n) is 5.39. The molecule has 2 amide bonds. The summed E-state index contributed by atoms with van der Waals surface area (Å²) in [5.41, 5.74) is 1.47. The maximum Gasteiger partial charge on any atom is 0.255 e. The van der Waals surface area contributed by atoms with Crippen LogP contribution in [0, 0.1) is 0 Å². The molecular weight excluding hydrogens is 280 g/mol. The van der Waals surface area contributed by atoms with Crippen molar-refractivity contribution >= 4 is 11.8 Å². The topological polar surface area (TPSA) is 62.6 Å². The Hall–Kier alpha value is -2.56. The van der Waals surface area contributed by atoms with Gasteiger partial charge in [-0.25, -0.2) is 0 Å². The van der Waals surface area contributed by atoms with Crippen molar-refractivity contribution in [1.82, 2.24) is 10.2 Å². The van der Waals surface area contributed by atoms with E-state index >= 15 is 0 Å². The molecule has 0 aliphatic carbocycles. The summed E-state index contributed by atoms with van der Waals surface area (Å²) in [4.78, 5) is 25.9. The number of likely N-dealkylation sites (tertiary alicyclic amines) is 1. The Labute approximate surface area is 128 Å². The minimum absolute atomic E-state index is 0.151. The number of carbonyl (C=O) groups excluding carboxylic acids is 2. The first kappa shape index (κ1) is 14.4. The van der Waals surface area contributed by atoms with E-state index in [1.807, 2.05) is 35.2 Å². The first-order valence-corrected chi connectivity index (χ1v) is 7.40. The summed E-state index contributed by atoms with van der Waals surface area (Å²) >= 11 is 0. The third kappa shape index (κ3) is 3.19. The van der Waals surface area contributed by atoms with Gasteiger partial charge in [-0.15, -0.1) is 0 Å². The van der Waals surface area contributed by atoms with Crippen LogP contribution >= 0.6 is 0 Å². The molecule has 2 heterocycles. The molecule has 1 aromatic carbocycles. The molecule has 5 heteroatoms. The minimum atomic E-state index is -0.231. The third-order valence-electron chi connectivity index (χ3n) is 3.86. The number of amides is 2. The van der Waals surface area contributed by atoms with E-state index in [0.29, 0.717) is 18.5 Å². The van der Waals surface area contributed by atoms with Crippen molar-refractivity contribution in [1.29, 1.82) is 0 Å². The zero-order chi connectivity index (χ0) is 15.4. The zero-order valence-corrected chi connectivity index (χ0v) is 12.2. The number of benzene rings is 1. The average Bonchev–Trinajstić information content (AvgIpc) is 3.20. The van der Waals surface area contributed by atoms with E-state index in [2.05, 4.69) is 5.32 Å². The van der Waals surface area contributed by atoms with Gasteiger partial charge in [-0.05, 0) is 18.1 Å². The predicted molar refractivity (Wildman–Crippen MR) is 81.2 cm³/mol. The summed E-state index contributed by atoms with van der Waals surface area (Å²) in [6, 6.07) is 11.1. The van der Waals surface area contributed by atoms with Crippen LogP contribution in [-0.2, 0) is 4.79 Å². The van der Waals surface area contributed by atoms with Gasteiger partial charge in [-0.3, -0.25) is 9.59 Å². The fraction of sp³-hybridized carbons (Fsp3) is 0.294. The van der Waals surface area contributed by atoms with Gasteiger partial charge in [0.25, 0.3) is 5.91 Å². The Morgan fingerprint density at radius 1 is 1.27 bits per heavy atom. The molecule has 22 heavy (non-hydrogen) atoms. The largest absolute Gasteiger partial charge is 0.472 e. The van der Waals surface area contributed by atoms with E-state index in [1.165, 1.54) is 12.5 Å². The molecule has 0 spiro atoms. The second-order valence-corrected chi connectivity index (χ2v) is 5.39. The van der Waals surface area contributed by atoms with E-state index in [-0.39, 0.29) is 17.9 Å². The van der Waals surface area contributed by atoms with E-state index in [1.54, 1.807) is 6.07 Å². The summed E-state index contributed by atoms with van der Waals surface area (Å²) in [7, 11) is 0. The highest BCUT2D eigenvalue weighted by atomic mass is 16.3. The smallest absolute Gasteiger partial charge is 0.255 e. The highest BCUT2D eigenvalue weighted by molar-refractivity contribution is 5.94. The van der Waals surface area contributed by atoms with Crippen LogP contribution in [0.15, 0.2) is 53.3 Å². The third-order valence-corrected chi connectivity index (χ3v) is 3.86. The van der Waals surface area contributed by atoms with Gasteiger partial charge in [0.2, 0.25) is 5.91 Å². The zero-order valence-electron chi connectivity index (χ0n) is 12.2. The normalized spacial score (nSPS) is 15.8. The number of rotatable bonds is 5. The first-order chi connectivity index (χ1) is 10.7. The van der Waals surface area contributed by atoms with Gasteiger partial charge < -0.3 is 14.6 Å². The summed E-state index contributed by atoms with van der Waals surface area (Å²) in [6.07, 6.45) is 4.36. The van der Waals surface area contributed by atoms with E-state index < -0.39 is 0 Å². The van der Waals surface area contributed by atoms with Crippen LogP contribution in [0.4, 0.5) is 0 Å². The Morgan fingerprint density at radius 2 is 2.09 bits per heavy atom. The fourth-order valence-electron chi connectivity index (χ4n) is 2.67. The van der Waals surface area contributed by atoms with Crippen molar-refractivity contribution in [3.05, 3.63) is 60.1 Å². The molecule has 2 aromatic rings. The van der Waals surface area contributed by atoms with E-state index in [0.717, 1.165) is 18.5 Å². The maximum atomic E-state index is 12.3. The van der Waals surface area contributed by atoms with Gasteiger partial charge in [0, 0.05) is 19.5 Å². The van der Waals surface area contributed by atoms with E-state index in [4.69, 9.17) is 4.42 Å². The molecule has 1 aliphatic rings. The van der Waals surface area contributed by atoms with Crippen LogP contribution < -0.4 is 5.32 Å². The van der Waals surface area contributed by atoms with Crippen LogP contribution in [0.2, 0.25) is 0 Å². The predicted octanol–water partition coefficient (Wildman–Crippen LogP) is 2.37. The molecular formula is C17H18N2O3. The lowest BCUT2D eigenvalue weighted by Crippen LogP contribution is -2.38. The lowest BCUT2D eigenvalue weighted by molar-refractivity contribution is -0.128. The highest BCUT2D eigenvalue weighted by Gasteiger charge is 2.25. The molecule has 114 valence electrons. The average molecular weight is 298 g/mol. The quantitative estimate of drug-likeness (QED) is 0.921. The lowest BCUT2D eigenvalue weighted by Gasteiger charge is -2.25. The van der Waals surface area contributed by atoms with Crippen LogP contribution in [0.3, 0.4) is 0 Å². The van der Waals surface area contributed by atoms with Crippen molar-refractivity contribution in [2.45, 2.75) is 18.9 Å². The molecule has 1 aromatic heterocycles. The molecule has 3 rings (SSSR count). The summed E-state index contributed by atoms with van der Waals surface area (Å²) in [6.45, 7) is 1.25. The molecule has 1 aliphatic heterocycles. The molecule has 1 saturated heterocycles. The van der Waals surface area contributed by atoms with Crippen LogP contribution in [0.25, 0.3) is 0 Å². The molecule has 5 nitrogen and oxygen atoms in total. The van der Waals surface area contributed by atoms with Crippen molar-refractivity contribution in [2.24, 2.45) is 0 Å². The molecule has 1 N–H and O–H groups in total. The number of carbonyl (C=O) groups is 2. The van der Waals surface area contributed by atoms with Gasteiger partial charge in [0.1, 0.15) is 6.26 Å². The standard InChI is InChI=1S/C17H18N2O3/c20-16-7-4-9-19(16)11-15(13-5-2-1-3-6-13)18-17(21)14-8-10-22-12-14/h1-3,5-6,8,10,12,15H,4,7,9,11H2,(H,18,21)/t15-/m0/s1. The number of hydrogen-bond acceptors (Lipinski definition) is 3. The number of furan rings is 1. The van der Waals surface area contributed by atoms with Crippen molar-refractivity contribution < 1.29 is 14.0 Å². The minimum Gasteiger partial charge on any atom is -0.472 e. The van der Waals surface area contributed by atoms with Gasteiger partial charge >= 0.3 is 0 Å². The summed E-state index contributed by atoms with van der Waals surface area (Å²) in [5.74, 6) is -0.0484. The van der Waals surface area contributed by atoms with Crippen LogP contribution in [0.1, 0.15) is 34.8 Å². The maximum absolute atomic E-state index is 12.3. The molecule has 0 saturated carbocycles. The lowest BCUT2D eigenvalue weighted by atomic mass is 10.1. The number of hydrogen-bond donors (Lipinski definition) is 1. The summed E-state index contributed by atoms with van der Waals surface area (Å²) in [5, 5.41) is 2.99. The van der Waals surface area contributed by atoms with Crippen molar-refractivity contribution in [3.63, 3.8) is 0 Å². The van der Waals surface area contributed by atoms with Gasteiger partial charge in [-0.1, -0.05) is 30.3 Å². The van der Waals surface area contributed by atoms with Crippen molar-refractivity contribution in [2.75, 3.05) is 13.1 Å². The van der Waals surface area contributed by atoms with Crippen molar-refractivity contribution in [3.8, 4) is 0 Å². The number of nitrogens with zero attached hydrogens (tertiary/aromatic N) is 1.